The van der Waals surface area contributed by atoms with Crippen LogP contribution in [0.25, 0.3) is 0 Å². The molecule has 0 aromatic carbocycles. The maximum absolute atomic E-state index is 12.5. The summed E-state index contributed by atoms with van der Waals surface area (Å²) in [5, 5.41) is 2.73. The minimum Gasteiger partial charge on any atom is -0.356 e. The highest BCUT2D eigenvalue weighted by atomic mass is 19.4. The van der Waals surface area contributed by atoms with Gasteiger partial charge >= 0.3 is 6.18 Å². The van der Waals surface area contributed by atoms with Crippen molar-refractivity contribution >= 4 is 5.95 Å². The van der Waals surface area contributed by atoms with Crippen molar-refractivity contribution in [3.63, 3.8) is 0 Å². The summed E-state index contributed by atoms with van der Waals surface area (Å²) in [7, 11) is 0. The van der Waals surface area contributed by atoms with Crippen molar-refractivity contribution in [3.05, 3.63) is 22.1 Å². The van der Waals surface area contributed by atoms with Crippen molar-refractivity contribution in [2.45, 2.75) is 25.4 Å². The van der Waals surface area contributed by atoms with Crippen LogP contribution in [0, 0.1) is 0 Å². The van der Waals surface area contributed by atoms with Crippen LogP contribution in [0.1, 0.15) is 25.0 Å². The molecule has 8 heteroatoms. The number of aromatic nitrogens is 2. The molecule has 0 bridgehead atoms. The van der Waals surface area contributed by atoms with E-state index in [4.69, 9.17) is 0 Å². The average Bonchev–Trinajstić information content (AvgIpc) is 2.86. The molecule has 2 heterocycles. The fraction of sp³-hybridized carbons (Fsp3) is 0.667. The molecule has 0 spiro atoms. The Morgan fingerprint density at radius 2 is 2.05 bits per heavy atom. The highest BCUT2D eigenvalue weighted by Crippen LogP contribution is 2.26. The molecule has 1 aromatic heterocycles. The van der Waals surface area contributed by atoms with Crippen LogP contribution in [0.2, 0.25) is 0 Å². The molecule has 0 radical (unpaired) electrons. The van der Waals surface area contributed by atoms with Crippen molar-refractivity contribution in [1.82, 2.24) is 14.9 Å². The zero-order chi connectivity index (χ0) is 14.6. The van der Waals surface area contributed by atoms with Crippen LogP contribution in [0.5, 0.6) is 0 Å². The first kappa shape index (κ1) is 14.8. The molecule has 0 saturated carbocycles. The Balaban J connectivity index is 1.86. The molecule has 112 valence electrons. The number of H-pyrrole nitrogens is 1. The SMILES string of the molecule is O=c1cc(C(F)(F)F)nc(NCCCN2CCCC2)[nH]1. The second kappa shape index (κ2) is 6.25. The smallest absolute Gasteiger partial charge is 0.356 e. The topological polar surface area (TPSA) is 61.0 Å². The van der Waals surface area contributed by atoms with Gasteiger partial charge in [0.15, 0.2) is 5.69 Å². The molecule has 0 atom stereocenters. The van der Waals surface area contributed by atoms with Gasteiger partial charge in [0, 0.05) is 12.6 Å². The standard InChI is InChI=1S/C12H17F3N4O/c13-12(14,15)9-8-10(20)18-11(17-9)16-4-3-7-19-5-1-2-6-19/h8H,1-7H2,(H2,16,17,18,20). The molecule has 1 saturated heterocycles. The summed E-state index contributed by atoms with van der Waals surface area (Å²) in [6, 6.07) is 0.454. The second-order valence-corrected chi connectivity index (χ2v) is 4.81. The van der Waals surface area contributed by atoms with E-state index in [1.807, 2.05) is 0 Å². The van der Waals surface area contributed by atoms with E-state index in [0.717, 1.165) is 26.1 Å². The van der Waals surface area contributed by atoms with E-state index in [-0.39, 0.29) is 5.95 Å². The Hall–Kier alpha value is -1.57. The third-order valence-corrected chi connectivity index (χ3v) is 3.17. The first-order chi connectivity index (χ1) is 9.45. The van der Waals surface area contributed by atoms with Gasteiger partial charge in [-0.1, -0.05) is 0 Å². The second-order valence-electron chi connectivity index (χ2n) is 4.81. The number of anilines is 1. The van der Waals surface area contributed by atoms with Gasteiger partial charge in [-0.15, -0.1) is 0 Å². The number of rotatable bonds is 5. The van der Waals surface area contributed by atoms with Crippen molar-refractivity contribution in [2.24, 2.45) is 0 Å². The fourth-order valence-corrected chi connectivity index (χ4v) is 2.20. The molecule has 1 aromatic rings. The van der Waals surface area contributed by atoms with Crippen LogP contribution in [0.15, 0.2) is 10.9 Å². The predicted molar refractivity (Wildman–Crippen MR) is 68.6 cm³/mol. The minimum atomic E-state index is -4.61. The summed E-state index contributed by atoms with van der Waals surface area (Å²) in [6.45, 7) is 3.54. The molecule has 1 aliphatic heterocycles. The first-order valence-corrected chi connectivity index (χ1v) is 6.60. The maximum Gasteiger partial charge on any atom is 0.433 e. The number of alkyl halides is 3. The molecule has 0 aliphatic carbocycles. The number of nitrogens with one attached hydrogen (secondary N) is 2. The molecular formula is C12H17F3N4O. The Morgan fingerprint density at radius 1 is 1.35 bits per heavy atom. The molecule has 1 aliphatic rings. The quantitative estimate of drug-likeness (QED) is 0.810. The molecule has 0 amide bonds. The van der Waals surface area contributed by atoms with Gasteiger partial charge in [0.05, 0.1) is 0 Å². The number of nitrogens with zero attached hydrogens (tertiary/aromatic N) is 2. The molecule has 2 rings (SSSR count). The number of halogens is 3. The Bertz CT molecular complexity index is 494. The lowest BCUT2D eigenvalue weighted by atomic mass is 10.4. The van der Waals surface area contributed by atoms with Gasteiger partial charge in [0.25, 0.3) is 5.56 Å². The van der Waals surface area contributed by atoms with E-state index in [9.17, 15) is 18.0 Å². The monoisotopic (exact) mass is 290 g/mol. The van der Waals surface area contributed by atoms with E-state index in [2.05, 4.69) is 20.2 Å². The van der Waals surface area contributed by atoms with E-state index in [1.54, 1.807) is 0 Å². The first-order valence-electron chi connectivity index (χ1n) is 6.60. The summed E-state index contributed by atoms with van der Waals surface area (Å²) in [5.74, 6) is -0.133. The lowest BCUT2D eigenvalue weighted by molar-refractivity contribution is -0.141. The van der Waals surface area contributed by atoms with Gasteiger partial charge < -0.3 is 10.2 Å². The fourth-order valence-electron chi connectivity index (χ4n) is 2.20. The molecule has 20 heavy (non-hydrogen) atoms. The van der Waals surface area contributed by atoms with Gasteiger partial charge in [0.2, 0.25) is 5.95 Å². The summed E-state index contributed by atoms with van der Waals surface area (Å²) >= 11 is 0. The Morgan fingerprint density at radius 3 is 2.70 bits per heavy atom. The summed E-state index contributed by atoms with van der Waals surface area (Å²) in [5.41, 5.74) is -1.99. The lowest BCUT2D eigenvalue weighted by Gasteiger charge is -2.14. The van der Waals surface area contributed by atoms with Crippen LogP contribution < -0.4 is 10.9 Å². The normalized spacial score (nSPS) is 16.6. The van der Waals surface area contributed by atoms with E-state index >= 15 is 0 Å². The van der Waals surface area contributed by atoms with Crippen molar-refractivity contribution < 1.29 is 13.2 Å². The molecule has 5 nitrogen and oxygen atoms in total. The van der Waals surface area contributed by atoms with Crippen molar-refractivity contribution in [3.8, 4) is 0 Å². The third-order valence-electron chi connectivity index (χ3n) is 3.17. The number of hydrogen-bond acceptors (Lipinski definition) is 4. The number of hydrogen-bond donors (Lipinski definition) is 2. The van der Waals surface area contributed by atoms with Crippen LogP contribution in [-0.2, 0) is 6.18 Å². The average molecular weight is 290 g/mol. The predicted octanol–water partition coefficient (Wildman–Crippen LogP) is 1.69. The molecule has 1 fully saturated rings. The Labute approximate surface area is 114 Å². The lowest BCUT2D eigenvalue weighted by Crippen LogP contribution is -2.23. The summed E-state index contributed by atoms with van der Waals surface area (Å²) in [4.78, 5) is 19.1. The van der Waals surface area contributed by atoms with Gasteiger partial charge in [0.1, 0.15) is 0 Å². The highest BCUT2D eigenvalue weighted by Gasteiger charge is 2.33. The minimum absolute atomic E-state index is 0.133. The van der Waals surface area contributed by atoms with Gasteiger partial charge in [-0.25, -0.2) is 4.98 Å². The zero-order valence-corrected chi connectivity index (χ0v) is 11.0. The highest BCUT2D eigenvalue weighted by molar-refractivity contribution is 5.25. The summed E-state index contributed by atoms with van der Waals surface area (Å²) in [6.07, 6.45) is -1.41. The largest absolute Gasteiger partial charge is 0.433 e. The number of likely N-dealkylation sites (tertiary alicyclic amines) is 1. The van der Waals surface area contributed by atoms with Crippen molar-refractivity contribution in [1.29, 1.82) is 0 Å². The number of aromatic amines is 1. The molecule has 2 N–H and O–H groups in total. The van der Waals surface area contributed by atoms with Crippen LogP contribution in [0.4, 0.5) is 19.1 Å². The van der Waals surface area contributed by atoms with Crippen molar-refractivity contribution in [2.75, 3.05) is 31.5 Å². The van der Waals surface area contributed by atoms with E-state index < -0.39 is 17.4 Å². The van der Waals surface area contributed by atoms with E-state index in [0.29, 0.717) is 12.6 Å². The van der Waals surface area contributed by atoms with Gasteiger partial charge in [-0.05, 0) is 38.9 Å². The van der Waals surface area contributed by atoms with Crippen LogP contribution >= 0.6 is 0 Å². The van der Waals surface area contributed by atoms with E-state index in [1.165, 1.54) is 12.8 Å². The third kappa shape index (κ3) is 4.22. The Kier molecular flexibility index (Phi) is 4.64. The molecular weight excluding hydrogens is 273 g/mol. The zero-order valence-electron chi connectivity index (χ0n) is 11.0. The molecule has 0 unspecified atom stereocenters. The van der Waals surface area contributed by atoms with Crippen LogP contribution in [-0.4, -0.2) is 41.0 Å². The van der Waals surface area contributed by atoms with Crippen LogP contribution in [0.3, 0.4) is 0 Å². The van der Waals surface area contributed by atoms with Gasteiger partial charge in [-0.2, -0.15) is 13.2 Å². The summed E-state index contributed by atoms with van der Waals surface area (Å²) < 4.78 is 37.5. The maximum atomic E-state index is 12.5. The van der Waals surface area contributed by atoms with Gasteiger partial charge in [-0.3, -0.25) is 9.78 Å².